The van der Waals surface area contributed by atoms with Crippen LogP contribution in [0.2, 0.25) is 0 Å². The minimum atomic E-state index is -0.00425. The maximum atomic E-state index is 12.3. The number of para-hydroxylation sites is 1. The number of imidazole rings is 1. The van der Waals surface area contributed by atoms with Crippen LogP contribution in [0.5, 0.6) is 5.75 Å². The highest BCUT2D eigenvalue weighted by Gasteiger charge is 2.11. The van der Waals surface area contributed by atoms with Gasteiger partial charge < -0.3 is 10.1 Å². The SMILES string of the molecule is COc1ccccc1CCNC(=O)CSc1nccn1-c1cccc(C)c1C. The molecule has 28 heavy (non-hydrogen) atoms. The molecule has 1 amide bonds. The van der Waals surface area contributed by atoms with Crippen molar-refractivity contribution in [2.75, 3.05) is 19.4 Å². The van der Waals surface area contributed by atoms with Gasteiger partial charge in [-0.1, -0.05) is 42.1 Å². The molecule has 1 aromatic heterocycles. The summed E-state index contributed by atoms with van der Waals surface area (Å²) in [4.78, 5) is 16.7. The van der Waals surface area contributed by atoms with Gasteiger partial charge in [-0.15, -0.1) is 0 Å². The van der Waals surface area contributed by atoms with Gasteiger partial charge in [0.2, 0.25) is 5.91 Å². The highest BCUT2D eigenvalue weighted by molar-refractivity contribution is 7.99. The van der Waals surface area contributed by atoms with Gasteiger partial charge in [0.15, 0.2) is 5.16 Å². The lowest BCUT2D eigenvalue weighted by atomic mass is 10.1. The Morgan fingerprint density at radius 3 is 2.82 bits per heavy atom. The van der Waals surface area contributed by atoms with Gasteiger partial charge in [-0.05, 0) is 49.1 Å². The molecular weight excluding hydrogens is 370 g/mol. The Morgan fingerprint density at radius 2 is 2.00 bits per heavy atom. The van der Waals surface area contributed by atoms with Gasteiger partial charge in [0.1, 0.15) is 5.75 Å². The van der Waals surface area contributed by atoms with Gasteiger partial charge in [0, 0.05) is 18.9 Å². The molecule has 5 nitrogen and oxygen atoms in total. The molecule has 0 atom stereocenters. The predicted molar refractivity (Wildman–Crippen MR) is 113 cm³/mol. The highest BCUT2D eigenvalue weighted by Crippen LogP contribution is 2.24. The van der Waals surface area contributed by atoms with Crippen LogP contribution >= 0.6 is 11.8 Å². The second-order valence-electron chi connectivity index (χ2n) is 6.50. The standard InChI is InChI=1S/C22H25N3O2S/c1-16-7-6-9-19(17(16)2)25-14-13-24-22(25)28-15-21(26)23-12-11-18-8-4-5-10-20(18)27-3/h4-10,13-14H,11-12,15H2,1-3H3,(H,23,26). The van der Waals surface area contributed by atoms with E-state index in [1.54, 1.807) is 13.3 Å². The van der Waals surface area contributed by atoms with Crippen LogP contribution in [0.4, 0.5) is 0 Å². The first-order chi connectivity index (χ1) is 13.6. The molecule has 0 aliphatic rings. The molecule has 2 aromatic carbocycles. The van der Waals surface area contributed by atoms with E-state index in [2.05, 4.69) is 36.3 Å². The molecule has 1 N–H and O–H groups in total. The molecule has 0 spiro atoms. The molecule has 0 aliphatic heterocycles. The number of ether oxygens (including phenoxy) is 1. The smallest absolute Gasteiger partial charge is 0.230 e. The summed E-state index contributed by atoms with van der Waals surface area (Å²) in [5.41, 5.74) is 4.62. The maximum absolute atomic E-state index is 12.3. The van der Waals surface area contributed by atoms with Crippen molar-refractivity contribution >= 4 is 17.7 Å². The average molecular weight is 396 g/mol. The van der Waals surface area contributed by atoms with Crippen LogP contribution in [-0.4, -0.2) is 34.9 Å². The van der Waals surface area contributed by atoms with E-state index in [9.17, 15) is 4.79 Å². The van der Waals surface area contributed by atoms with Crippen molar-refractivity contribution in [1.29, 1.82) is 0 Å². The maximum Gasteiger partial charge on any atom is 0.230 e. The molecule has 1 heterocycles. The van der Waals surface area contributed by atoms with Gasteiger partial charge in [0.05, 0.1) is 18.6 Å². The number of amides is 1. The summed E-state index contributed by atoms with van der Waals surface area (Å²) < 4.78 is 7.38. The number of hydrogen-bond donors (Lipinski definition) is 1. The van der Waals surface area contributed by atoms with E-state index < -0.39 is 0 Å². The van der Waals surface area contributed by atoms with Crippen LogP contribution in [0, 0.1) is 13.8 Å². The molecule has 0 saturated carbocycles. The van der Waals surface area contributed by atoms with Crippen LogP contribution < -0.4 is 10.1 Å². The first-order valence-corrected chi connectivity index (χ1v) is 10.2. The van der Waals surface area contributed by atoms with E-state index >= 15 is 0 Å². The van der Waals surface area contributed by atoms with E-state index in [1.807, 2.05) is 41.1 Å². The number of nitrogens with one attached hydrogen (secondary N) is 1. The number of aromatic nitrogens is 2. The fraction of sp³-hybridized carbons (Fsp3) is 0.273. The Hall–Kier alpha value is -2.73. The van der Waals surface area contributed by atoms with Gasteiger partial charge in [-0.2, -0.15) is 0 Å². The summed E-state index contributed by atoms with van der Waals surface area (Å²) in [5, 5.41) is 3.79. The van der Waals surface area contributed by atoms with E-state index in [-0.39, 0.29) is 5.91 Å². The monoisotopic (exact) mass is 395 g/mol. The second kappa shape index (κ2) is 9.46. The molecule has 0 aliphatic carbocycles. The minimum absolute atomic E-state index is 0.00425. The van der Waals surface area contributed by atoms with Gasteiger partial charge >= 0.3 is 0 Å². The van der Waals surface area contributed by atoms with Gasteiger partial charge in [-0.3, -0.25) is 9.36 Å². The number of carbonyl (C=O) groups excluding carboxylic acids is 1. The number of aryl methyl sites for hydroxylation is 1. The van der Waals surface area contributed by atoms with Crippen LogP contribution in [0.25, 0.3) is 5.69 Å². The zero-order chi connectivity index (χ0) is 19.9. The van der Waals surface area contributed by atoms with Crippen molar-refractivity contribution in [3.05, 3.63) is 71.5 Å². The predicted octanol–water partition coefficient (Wildman–Crippen LogP) is 3.95. The minimum Gasteiger partial charge on any atom is -0.496 e. The normalized spacial score (nSPS) is 10.7. The fourth-order valence-electron chi connectivity index (χ4n) is 3.00. The van der Waals surface area contributed by atoms with Crippen LogP contribution in [0.1, 0.15) is 16.7 Å². The molecule has 0 fully saturated rings. The Kier molecular flexibility index (Phi) is 6.76. The summed E-state index contributed by atoms with van der Waals surface area (Å²) in [7, 11) is 1.66. The van der Waals surface area contributed by atoms with Crippen molar-refractivity contribution in [3.8, 4) is 11.4 Å². The lowest BCUT2D eigenvalue weighted by Crippen LogP contribution is -2.27. The van der Waals surface area contributed by atoms with Crippen molar-refractivity contribution < 1.29 is 9.53 Å². The number of nitrogens with zero attached hydrogens (tertiary/aromatic N) is 2. The van der Waals surface area contributed by atoms with Crippen LogP contribution in [0.3, 0.4) is 0 Å². The summed E-state index contributed by atoms with van der Waals surface area (Å²) >= 11 is 1.44. The fourth-order valence-corrected chi connectivity index (χ4v) is 3.80. The molecule has 146 valence electrons. The molecule has 0 bridgehead atoms. The van der Waals surface area contributed by atoms with Crippen LogP contribution in [0.15, 0.2) is 60.0 Å². The average Bonchev–Trinajstić information content (AvgIpc) is 3.17. The van der Waals surface area contributed by atoms with Gasteiger partial charge in [0.25, 0.3) is 0 Å². The van der Waals surface area contributed by atoms with Gasteiger partial charge in [-0.25, -0.2) is 4.98 Å². The van der Waals surface area contributed by atoms with Crippen molar-refractivity contribution in [3.63, 3.8) is 0 Å². The zero-order valence-corrected chi connectivity index (χ0v) is 17.3. The lowest BCUT2D eigenvalue weighted by molar-refractivity contribution is -0.118. The first kappa shape index (κ1) is 20.0. The molecule has 3 rings (SSSR count). The molecular formula is C22H25N3O2S. The second-order valence-corrected chi connectivity index (χ2v) is 7.44. The third kappa shape index (κ3) is 4.75. The van der Waals surface area contributed by atoms with E-state index in [0.29, 0.717) is 12.3 Å². The number of hydrogen-bond acceptors (Lipinski definition) is 4. The van der Waals surface area contributed by atoms with Crippen LogP contribution in [-0.2, 0) is 11.2 Å². The Morgan fingerprint density at radius 1 is 1.18 bits per heavy atom. The Balaban J connectivity index is 1.54. The third-order valence-electron chi connectivity index (χ3n) is 4.68. The van der Waals surface area contributed by atoms with Crippen molar-refractivity contribution in [2.45, 2.75) is 25.4 Å². The number of carbonyl (C=O) groups is 1. The topological polar surface area (TPSA) is 56.1 Å². The summed E-state index contributed by atoms with van der Waals surface area (Å²) in [5.74, 6) is 1.17. The largest absolute Gasteiger partial charge is 0.496 e. The molecule has 0 radical (unpaired) electrons. The van der Waals surface area contributed by atoms with E-state index in [0.717, 1.165) is 28.6 Å². The molecule has 6 heteroatoms. The Labute approximate surface area is 170 Å². The van der Waals surface area contributed by atoms with Crippen molar-refractivity contribution in [2.24, 2.45) is 0 Å². The van der Waals surface area contributed by atoms with E-state index in [1.165, 1.54) is 22.9 Å². The molecule has 0 saturated heterocycles. The zero-order valence-electron chi connectivity index (χ0n) is 16.4. The Bertz CT molecular complexity index is 952. The number of benzene rings is 2. The van der Waals surface area contributed by atoms with E-state index in [4.69, 9.17) is 4.74 Å². The molecule has 0 unspecified atom stereocenters. The number of methoxy groups -OCH3 is 1. The van der Waals surface area contributed by atoms with Crippen molar-refractivity contribution in [1.82, 2.24) is 14.9 Å². The summed E-state index contributed by atoms with van der Waals surface area (Å²) in [6.45, 7) is 4.77. The highest BCUT2D eigenvalue weighted by atomic mass is 32.2. The summed E-state index contributed by atoms with van der Waals surface area (Å²) in [6.07, 6.45) is 4.44. The summed E-state index contributed by atoms with van der Waals surface area (Å²) in [6, 6.07) is 14.1. The third-order valence-corrected chi connectivity index (χ3v) is 5.65. The molecule has 3 aromatic rings. The first-order valence-electron chi connectivity index (χ1n) is 9.21. The lowest BCUT2D eigenvalue weighted by Gasteiger charge is -2.12. The number of thioether (sulfide) groups is 1. The quantitative estimate of drug-likeness (QED) is 0.587. The number of rotatable bonds is 8.